The molecular weight excluding hydrogens is 323 g/mol. The molecule has 0 radical (unpaired) electrons. The second-order valence-electron chi connectivity index (χ2n) is 6.69. The molecule has 0 aromatic heterocycles. The number of carbonyl (C=O) groups excluding carboxylic acids is 2. The summed E-state index contributed by atoms with van der Waals surface area (Å²) in [5.74, 6) is -0.366. The first-order valence-corrected chi connectivity index (χ1v) is 8.87. The van der Waals surface area contributed by atoms with Crippen LogP contribution in [0.2, 0.25) is 0 Å². The van der Waals surface area contributed by atoms with Crippen LogP contribution in [0.15, 0.2) is 24.3 Å². The van der Waals surface area contributed by atoms with E-state index in [0.717, 1.165) is 19.4 Å². The molecule has 2 atom stereocenters. The Labute approximate surface area is 147 Å². The van der Waals surface area contributed by atoms with E-state index in [4.69, 9.17) is 0 Å². The summed E-state index contributed by atoms with van der Waals surface area (Å²) in [7, 11) is 0. The average molecular weight is 348 g/mol. The fourth-order valence-electron chi connectivity index (χ4n) is 3.42. The van der Waals surface area contributed by atoms with Gasteiger partial charge < -0.3 is 15.5 Å². The minimum absolute atomic E-state index is 0.0414. The normalized spacial score (nSPS) is 22.6. The van der Waals surface area contributed by atoms with E-state index in [1.54, 1.807) is 12.1 Å². The third-order valence-corrected chi connectivity index (χ3v) is 5.00. The van der Waals surface area contributed by atoms with E-state index >= 15 is 0 Å². The quantitative estimate of drug-likeness (QED) is 0.854. The van der Waals surface area contributed by atoms with Gasteiger partial charge in [0.25, 0.3) is 0 Å². The fraction of sp³-hybridized carbons (Fsp3) is 0.556. The van der Waals surface area contributed by atoms with E-state index in [0.29, 0.717) is 31.9 Å². The van der Waals surface area contributed by atoms with Gasteiger partial charge in [0.15, 0.2) is 0 Å². The third kappa shape index (κ3) is 4.35. The average Bonchev–Trinajstić information content (AvgIpc) is 3.15. The molecule has 2 N–H and O–H groups in total. The highest BCUT2D eigenvalue weighted by Crippen LogP contribution is 2.14. The second kappa shape index (κ2) is 7.93. The molecule has 136 valence electrons. The molecule has 1 aromatic rings. The zero-order valence-electron chi connectivity index (χ0n) is 14.5. The van der Waals surface area contributed by atoms with E-state index in [1.165, 1.54) is 12.1 Å². The van der Waals surface area contributed by atoms with Crippen LogP contribution in [0.3, 0.4) is 0 Å². The Morgan fingerprint density at radius 2 is 2.04 bits per heavy atom. The molecule has 2 fully saturated rings. The van der Waals surface area contributed by atoms with Gasteiger partial charge in [0.1, 0.15) is 5.82 Å². The van der Waals surface area contributed by atoms with Crippen LogP contribution in [-0.4, -0.2) is 66.4 Å². The van der Waals surface area contributed by atoms with Gasteiger partial charge >= 0.3 is 0 Å². The molecule has 6 nitrogen and oxygen atoms in total. The molecule has 2 saturated heterocycles. The van der Waals surface area contributed by atoms with Gasteiger partial charge in [-0.05, 0) is 44.5 Å². The van der Waals surface area contributed by atoms with Gasteiger partial charge in [0.2, 0.25) is 11.8 Å². The standard InChI is InChI=1S/C18H25FN4O2/c1-13(17(24)21-15-5-2-4-14(19)12-15)22-8-10-23(11-9-22)18(25)16-6-3-7-20-16/h2,4-5,12-13,16,20H,3,6-11H2,1H3,(H,21,24)/t13?,16-/m0/s1. The predicted octanol–water partition coefficient (Wildman–Crippen LogP) is 1.05. The predicted molar refractivity (Wildman–Crippen MR) is 93.7 cm³/mol. The van der Waals surface area contributed by atoms with Crippen LogP contribution in [0.1, 0.15) is 19.8 Å². The molecule has 2 aliphatic rings. The van der Waals surface area contributed by atoms with Crippen molar-refractivity contribution in [2.24, 2.45) is 0 Å². The van der Waals surface area contributed by atoms with E-state index in [1.807, 2.05) is 11.8 Å². The summed E-state index contributed by atoms with van der Waals surface area (Å²) >= 11 is 0. The van der Waals surface area contributed by atoms with Crippen LogP contribution in [0.25, 0.3) is 0 Å². The summed E-state index contributed by atoms with van der Waals surface area (Å²) < 4.78 is 13.2. The van der Waals surface area contributed by atoms with Crippen molar-refractivity contribution in [1.29, 1.82) is 0 Å². The van der Waals surface area contributed by atoms with Gasteiger partial charge in [-0.15, -0.1) is 0 Å². The molecule has 3 rings (SSSR count). The molecule has 7 heteroatoms. The first kappa shape index (κ1) is 17.8. The minimum atomic E-state index is -0.377. The highest BCUT2D eigenvalue weighted by Gasteiger charge is 2.31. The third-order valence-electron chi connectivity index (χ3n) is 5.00. The summed E-state index contributed by atoms with van der Waals surface area (Å²) in [6.07, 6.45) is 1.96. The van der Waals surface area contributed by atoms with Crippen molar-refractivity contribution in [3.8, 4) is 0 Å². The summed E-state index contributed by atoms with van der Waals surface area (Å²) in [6.45, 7) is 5.34. The van der Waals surface area contributed by atoms with Gasteiger partial charge in [-0.3, -0.25) is 14.5 Å². The molecular formula is C18H25FN4O2. The SMILES string of the molecule is CC(C(=O)Nc1cccc(F)c1)N1CCN(C(=O)[C@@H]2CCCN2)CC1. The topological polar surface area (TPSA) is 64.7 Å². The lowest BCUT2D eigenvalue weighted by atomic mass is 10.1. The first-order valence-electron chi connectivity index (χ1n) is 8.87. The highest BCUT2D eigenvalue weighted by molar-refractivity contribution is 5.94. The van der Waals surface area contributed by atoms with Crippen molar-refractivity contribution >= 4 is 17.5 Å². The van der Waals surface area contributed by atoms with Crippen LogP contribution in [-0.2, 0) is 9.59 Å². The Bertz CT molecular complexity index is 625. The number of piperazine rings is 1. The van der Waals surface area contributed by atoms with Crippen molar-refractivity contribution in [2.45, 2.75) is 31.8 Å². The zero-order chi connectivity index (χ0) is 17.8. The maximum Gasteiger partial charge on any atom is 0.241 e. The van der Waals surface area contributed by atoms with E-state index in [9.17, 15) is 14.0 Å². The van der Waals surface area contributed by atoms with E-state index < -0.39 is 0 Å². The van der Waals surface area contributed by atoms with Crippen molar-refractivity contribution < 1.29 is 14.0 Å². The van der Waals surface area contributed by atoms with Crippen molar-refractivity contribution in [3.63, 3.8) is 0 Å². The number of hydrogen-bond acceptors (Lipinski definition) is 4. The lowest BCUT2D eigenvalue weighted by Gasteiger charge is -2.38. The number of hydrogen-bond donors (Lipinski definition) is 2. The van der Waals surface area contributed by atoms with Gasteiger partial charge in [0, 0.05) is 31.9 Å². The first-order chi connectivity index (χ1) is 12.0. The Kier molecular flexibility index (Phi) is 5.65. The van der Waals surface area contributed by atoms with Crippen LogP contribution in [0, 0.1) is 5.82 Å². The zero-order valence-corrected chi connectivity index (χ0v) is 14.5. The van der Waals surface area contributed by atoms with Crippen molar-refractivity contribution in [3.05, 3.63) is 30.1 Å². The molecule has 1 aromatic carbocycles. The minimum Gasteiger partial charge on any atom is -0.339 e. The Balaban J connectivity index is 1.49. The Morgan fingerprint density at radius 1 is 1.28 bits per heavy atom. The van der Waals surface area contributed by atoms with Crippen LogP contribution >= 0.6 is 0 Å². The van der Waals surface area contributed by atoms with Gasteiger partial charge in [-0.2, -0.15) is 0 Å². The smallest absolute Gasteiger partial charge is 0.241 e. The Morgan fingerprint density at radius 3 is 2.68 bits per heavy atom. The van der Waals surface area contributed by atoms with Crippen molar-refractivity contribution in [2.75, 3.05) is 38.0 Å². The van der Waals surface area contributed by atoms with Gasteiger partial charge in [-0.25, -0.2) is 4.39 Å². The largest absolute Gasteiger partial charge is 0.339 e. The van der Waals surface area contributed by atoms with E-state index in [2.05, 4.69) is 15.5 Å². The van der Waals surface area contributed by atoms with Crippen molar-refractivity contribution in [1.82, 2.24) is 15.1 Å². The molecule has 25 heavy (non-hydrogen) atoms. The van der Waals surface area contributed by atoms with Crippen LogP contribution in [0.4, 0.5) is 10.1 Å². The molecule has 1 unspecified atom stereocenters. The molecule has 2 amide bonds. The molecule has 2 heterocycles. The molecule has 0 bridgehead atoms. The van der Waals surface area contributed by atoms with E-state index in [-0.39, 0.29) is 29.7 Å². The fourth-order valence-corrected chi connectivity index (χ4v) is 3.42. The maximum atomic E-state index is 13.2. The van der Waals surface area contributed by atoms with Crippen LogP contribution < -0.4 is 10.6 Å². The number of nitrogens with zero attached hydrogens (tertiary/aromatic N) is 2. The number of benzene rings is 1. The summed E-state index contributed by atoms with van der Waals surface area (Å²) in [6, 6.07) is 5.51. The number of carbonyl (C=O) groups is 2. The number of rotatable bonds is 4. The molecule has 2 aliphatic heterocycles. The number of anilines is 1. The molecule has 0 aliphatic carbocycles. The second-order valence-corrected chi connectivity index (χ2v) is 6.69. The summed E-state index contributed by atoms with van der Waals surface area (Å²) in [5.41, 5.74) is 0.456. The maximum absolute atomic E-state index is 13.2. The highest BCUT2D eigenvalue weighted by atomic mass is 19.1. The monoisotopic (exact) mass is 348 g/mol. The molecule has 0 saturated carbocycles. The Hall–Kier alpha value is -1.99. The molecule has 0 spiro atoms. The van der Waals surface area contributed by atoms with Gasteiger partial charge in [-0.1, -0.05) is 6.07 Å². The lowest BCUT2D eigenvalue weighted by molar-refractivity contribution is -0.135. The van der Waals surface area contributed by atoms with Gasteiger partial charge in [0.05, 0.1) is 12.1 Å². The number of amides is 2. The number of nitrogens with one attached hydrogen (secondary N) is 2. The summed E-state index contributed by atoms with van der Waals surface area (Å²) in [5, 5.41) is 5.99. The number of halogens is 1. The van der Waals surface area contributed by atoms with Crippen LogP contribution in [0.5, 0.6) is 0 Å². The lowest BCUT2D eigenvalue weighted by Crippen LogP contribution is -2.56. The summed E-state index contributed by atoms with van der Waals surface area (Å²) in [4.78, 5) is 28.7.